The molecule has 1 fully saturated rings. The lowest BCUT2D eigenvalue weighted by Gasteiger charge is -2.21. The van der Waals surface area contributed by atoms with Gasteiger partial charge in [-0.3, -0.25) is 19.7 Å². The highest BCUT2D eigenvalue weighted by molar-refractivity contribution is 7.56. The monoisotopic (exact) mass is 681 g/mol. The second kappa shape index (κ2) is 14.7. The fourth-order valence-corrected chi connectivity index (χ4v) is 5.88. The minimum Gasteiger partial charge on any atom is -0.496 e. The number of urea groups is 1. The van der Waals surface area contributed by atoms with E-state index in [0.29, 0.717) is 28.1 Å². The maximum atomic E-state index is 13.9. The summed E-state index contributed by atoms with van der Waals surface area (Å²) < 4.78 is 36.3. The molecule has 0 saturated heterocycles. The molecule has 5 rings (SSSR count). The van der Waals surface area contributed by atoms with Crippen LogP contribution in [0.5, 0.6) is 23.0 Å². The van der Waals surface area contributed by atoms with Gasteiger partial charge in [0.2, 0.25) is 0 Å². The Morgan fingerprint density at radius 3 is 2.45 bits per heavy atom. The molecule has 0 spiro atoms. The van der Waals surface area contributed by atoms with Crippen LogP contribution >= 0.6 is 19.3 Å². The SMILES string of the molecule is COc1cc2nccc(Oc3ccc(NC(=O)NC4CC4)c(Cl)c3)c2cc1C(=O)NP(=O)(NCC(=O)OC(C)C)Oc1ccccc1. The number of carbonyl (C=O) groups excluding carboxylic acids is 3. The molecule has 1 aliphatic rings. The van der Waals surface area contributed by atoms with Crippen molar-refractivity contribution in [1.29, 1.82) is 0 Å². The van der Waals surface area contributed by atoms with Crippen LogP contribution in [0.25, 0.3) is 10.9 Å². The third-order valence-corrected chi connectivity index (χ3v) is 8.47. The number of esters is 1. The number of amides is 3. The van der Waals surface area contributed by atoms with Gasteiger partial charge in [-0.1, -0.05) is 29.8 Å². The van der Waals surface area contributed by atoms with Crippen LogP contribution in [0.1, 0.15) is 37.0 Å². The predicted molar refractivity (Wildman–Crippen MR) is 176 cm³/mol. The van der Waals surface area contributed by atoms with E-state index in [1.807, 2.05) is 0 Å². The first-order valence-electron chi connectivity index (χ1n) is 14.7. The maximum Gasteiger partial charge on any atom is 0.420 e. The molecule has 3 aromatic carbocycles. The number of rotatable bonds is 13. The van der Waals surface area contributed by atoms with Crippen molar-refractivity contribution in [1.82, 2.24) is 20.5 Å². The zero-order valence-corrected chi connectivity index (χ0v) is 27.4. The molecule has 1 aromatic heterocycles. The number of para-hydroxylation sites is 1. The first kappa shape index (κ1) is 33.5. The first-order valence-corrected chi connectivity index (χ1v) is 16.7. The van der Waals surface area contributed by atoms with E-state index in [-0.39, 0.29) is 34.2 Å². The minimum atomic E-state index is -4.24. The van der Waals surface area contributed by atoms with E-state index in [9.17, 15) is 18.9 Å². The van der Waals surface area contributed by atoms with Gasteiger partial charge in [-0.05, 0) is 63.1 Å². The average Bonchev–Trinajstić information content (AvgIpc) is 3.85. The van der Waals surface area contributed by atoms with E-state index < -0.39 is 32.2 Å². The molecule has 1 saturated carbocycles. The fourth-order valence-electron chi connectivity index (χ4n) is 4.33. The number of fused-ring (bicyclic) bond motifs is 1. The van der Waals surface area contributed by atoms with Gasteiger partial charge in [0.15, 0.2) is 0 Å². The zero-order valence-electron chi connectivity index (χ0n) is 25.7. The molecule has 4 N–H and O–H groups in total. The van der Waals surface area contributed by atoms with Crippen molar-refractivity contribution in [3.8, 4) is 23.0 Å². The first-order chi connectivity index (χ1) is 22.5. The lowest BCUT2D eigenvalue weighted by Crippen LogP contribution is -2.34. The quantitative estimate of drug-likeness (QED) is 0.0912. The number of hydrogen-bond acceptors (Lipinski definition) is 9. The molecule has 15 heteroatoms. The predicted octanol–water partition coefficient (Wildman–Crippen LogP) is 6.43. The number of aromatic nitrogens is 1. The largest absolute Gasteiger partial charge is 0.496 e. The van der Waals surface area contributed by atoms with Gasteiger partial charge in [0.05, 0.1) is 35.0 Å². The summed E-state index contributed by atoms with van der Waals surface area (Å²) in [6.07, 6.45) is 3.04. The fraction of sp³-hybridized carbons (Fsp3) is 0.250. The van der Waals surface area contributed by atoms with Crippen molar-refractivity contribution in [3.05, 3.63) is 83.5 Å². The number of halogens is 1. The summed E-state index contributed by atoms with van der Waals surface area (Å²) in [6.45, 7) is 2.85. The Morgan fingerprint density at radius 1 is 1.00 bits per heavy atom. The van der Waals surface area contributed by atoms with Gasteiger partial charge < -0.3 is 29.4 Å². The Bertz CT molecular complexity index is 1840. The van der Waals surface area contributed by atoms with Gasteiger partial charge in [0.1, 0.15) is 29.5 Å². The summed E-state index contributed by atoms with van der Waals surface area (Å²) in [5.74, 6) is -0.509. The lowest BCUT2D eigenvalue weighted by atomic mass is 10.1. The van der Waals surface area contributed by atoms with Crippen LogP contribution in [-0.4, -0.2) is 48.7 Å². The van der Waals surface area contributed by atoms with E-state index >= 15 is 0 Å². The minimum absolute atomic E-state index is 0.0134. The number of hydrogen-bond donors (Lipinski definition) is 4. The number of carbonyl (C=O) groups is 3. The highest BCUT2D eigenvalue weighted by Gasteiger charge is 2.31. The normalized spacial score (nSPS) is 13.7. The van der Waals surface area contributed by atoms with Crippen molar-refractivity contribution < 1.29 is 37.7 Å². The zero-order chi connectivity index (χ0) is 33.6. The number of methoxy groups -OCH3 is 1. The molecule has 1 atom stereocenters. The summed E-state index contributed by atoms with van der Waals surface area (Å²) in [4.78, 5) is 42.4. The second-order valence-electron chi connectivity index (χ2n) is 10.8. The van der Waals surface area contributed by atoms with Crippen LogP contribution in [0, 0.1) is 0 Å². The second-order valence-corrected chi connectivity index (χ2v) is 13.0. The van der Waals surface area contributed by atoms with Gasteiger partial charge in [0, 0.05) is 29.8 Å². The average molecular weight is 682 g/mol. The summed E-state index contributed by atoms with van der Waals surface area (Å²) in [5.41, 5.74) is 0.838. The van der Waals surface area contributed by atoms with Crippen LogP contribution in [-0.2, 0) is 14.1 Å². The van der Waals surface area contributed by atoms with Crippen LogP contribution in [0.2, 0.25) is 5.02 Å². The maximum absolute atomic E-state index is 13.9. The van der Waals surface area contributed by atoms with E-state index in [1.54, 1.807) is 68.4 Å². The lowest BCUT2D eigenvalue weighted by molar-refractivity contribution is -0.145. The number of nitrogens with zero attached hydrogens (tertiary/aromatic N) is 1. The molecule has 1 heterocycles. The molecule has 246 valence electrons. The van der Waals surface area contributed by atoms with Crippen molar-refractivity contribution >= 4 is 53.8 Å². The Hall–Kier alpha value is -4.84. The topological polar surface area (TPSA) is 166 Å². The molecular weight excluding hydrogens is 649 g/mol. The molecule has 0 radical (unpaired) electrons. The van der Waals surface area contributed by atoms with Gasteiger partial charge in [0.25, 0.3) is 5.91 Å². The molecular formula is C32H33ClN5O8P. The third-order valence-electron chi connectivity index (χ3n) is 6.62. The standard InChI is InChI=1S/C32H33ClN5O8P/c1-19(2)44-30(39)18-35-47(42,46-21-7-5-4-6-8-21)38-31(40)24-16-23-27(17-29(24)43-3)34-14-13-28(23)45-22-11-12-26(25(33)15-22)37-32(41)36-20-9-10-20/h4-8,11-17,19-20H,9-10,18H2,1-3H3,(H2,36,37,41)(H2,35,38,40,42). The van der Waals surface area contributed by atoms with Gasteiger partial charge in [-0.25, -0.2) is 14.4 Å². The molecule has 13 nitrogen and oxygen atoms in total. The van der Waals surface area contributed by atoms with Crippen LogP contribution < -0.4 is 34.8 Å². The highest BCUT2D eigenvalue weighted by Crippen LogP contribution is 2.41. The van der Waals surface area contributed by atoms with E-state index in [0.717, 1.165) is 12.8 Å². The molecule has 0 aliphatic heterocycles. The Labute approximate surface area is 275 Å². The van der Waals surface area contributed by atoms with Gasteiger partial charge >= 0.3 is 19.7 Å². The summed E-state index contributed by atoms with van der Waals surface area (Å²) >= 11 is 6.43. The van der Waals surface area contributed by atoms with Crippen LogP contribution in [0.15, 0.2) is 72.9 Å². The van der Waals surface area contributed by atoms with Crippen LogP contribution in [0.3, 0.4) is 0 Å². The Balaban J connectivity index is 1.40. The molecule has 1 aliphatic carbocycles. The molecule has 0 bridgehead atoms. The van der Waals surface area contributed by atoms with E-state index in [1.165, 1.54) is 25.4 Å². The number of benzene rings is 3. The van der Waals surface area contributed by atoms with Crippen molar-refractivity contribution in [2.45, 2.75) is 38.8 Å². The smallest absolute Gasteiger partial charge is 0.420 e. The van der Waals surface area contributed by atoms with Gasteiger partial charge in [-0.15, -0.1) is 0 Å². The van der Waals surface area contributed by atoms with Crippen molar-refractivity contribution in [2.75, 3.05) is 19.0 Å². The molecule has 3 amide bonds. The summed E-state index contributed by atoms with van der Waals surface area (Å²) in [5, 5.41) is 11.1. The Kier molecular flexibility index (Phi) is 10.5. The summed E-state index contributed by atoms with van der Waals surface area (Å²) in [6, 6.07) is 17.4. The van der Waals surface area contributed by atoms with E-state index in [2.05, 4.69) is 25.8 Å². The summed E-state index contributed by atoms with van der Waals surface area (Å²) in [7, 11) is -2.87. The Morgan fingerprint density at radius 2 is 1.77 bits per heavy atom. The number of ether oxygens (including phenoxy) is 3. The molecule has 47 heavy (non-hydrogen) atoms. The van der Waals surface area contributed by atoms with E-state index in [4.69, 9.17) is 30.3 Å². The molecule has 1 unspecified atom stereocenters. The highest BCUT2D eigenvalue weighted by atomic mass is 35.5. The van der Waals surface area contributed by atoms with Crippen molar-refractivity contribution in [3.63, 3.8) is 0 Å². The third kappa shape index (κ3) is 9.13. The number of pyridine rings is 1. The van der Waals surface area contributed by atoms with Gasteiger partial charge in [-0.2, -0.15) is 0 Å². The number of anilines is 1. The van der Waals surface area contributed by atoms with Crippen LogP contribution in [0.4, 0.5) is 10.5 Å². The molecule has 4 aromatic rings. The number of nitrogens with one attached hydrogen (secondary N) is 4. The van der Waals surface area contributed by atoms with Crippen molar-refractivity contribution in [2.24, 2.45) is 0 Å².